The molecule has 2 N–H and O–H groups in total. The van der Waals surface area contributed by atoms with E-state index in [0.29, 0.717) is 40.0 Å². The van der Waals surface area contributed by atoms with E-state index in [1.807, 2.05) is 35.2 Å². The number of fused-ring (bicyclic) bond motifs is 1. The lowest BCUT2D eigenvalue weighted by atomic mass is 9.74. The van der Waals surface area contributed by atoms with E-state index in [1.165, 1.54) is 10.7 Å². The first-order chi connectivity index (χ1) is 15.3. The van der Waals surface area contributed by atoms with Gasteiger partial charge in [-0.15, -0.1) is 0 Å². The average Bonchev–Trinajstić information content (AvgIpc) is 3.13. The van der Waals surface area contributed by atoms with E-state index >= 15 is 0 Å². The highest BCUT2D eigenvalue weighted by Crippen LogP contribution is 2.50. The minimum atomic E-state index is -0.359. The van der Waals surface area contributed by atoms with Crippen LogP contribution in [0.25, 0.3) is 11.2 Å². The van der Waals surface area contributed by atoms with Crippen LogP contribution in [0.4, 0.5) is 11.8 Å². The molecule has 1 aliphatic heterocycles. The van der Waals surface area contributed by atoms with Crippen molar-refractivity contribution in [2.24, 2.45) is 5.41 Å². The summed E-state index contributed by atoms with van der Waals surface area (Å²) in [4.78, 5) is 23.8. The van der Waals surface area contributed by atoms with E-state index in [4.69, 9.17) is 22.4 Å². The molecule has 4 heterocycles. The first-order valence-electron chi connectivity index (χ1n) is 9.96. The number of nitrogens with two attached hydrogens (primary N) is 1. The van der Waals surface area contributed by atoms with Crippen LogP contribution < -0.4 is 16.2 Å². The van der Waals surface area contributed by atoms with Gasteiger partial charge in [0, 0.05) is 18.2 Å². The van der Waals surface area contributed by atoms with E-state index in [2.05, 4.69) is 29.9 Å². The summed E-state index contributed by atoms with van der Waals surface area (Å²) in [5, 5.41) is 14.7. The molecule has 32 heavy (non-hydrogen) atoms. The number of rotatable bonds is 3. The summed E-state index contributed by atoms with van der Waals surface area (Å²) in [6.07, 6.45) is 3.07. The minimum absolute atomic E-state index is 0.0727. The molecule has 1 aromatic carbocycles. The van der Waals surface area contributed by atoms with Crippen LogP contribution in [-0.4, -0.2) is 30.7 Å². The molecule has 5 rings (SSSR count). The third-order valence-electron chi connectivity index (χ3n) is 5.73. The fourth-order valence-electron chi connectivity index (χ4n) is 4.35. The molecule has 0 amide bonds. The molecule has 1 atom stereocenters. The molecule has 10 heteroatoms. The van der Waals surface area contributed by atoms with Crippen LogP contribution in [0, 0.1) is 16.7 Å². The lowest BCUT2D eigenvalue weighted by molar-refractivity contribution is 0.166. The van der Waals surface area contributed by atoms with Gasteiger partial charge in [-0.25, -0.2) is 9.50 Å². The summed E-state index contributed by atoms with van der Waals surface area (Å²) >= 11 is 6.30. The lowest BCUT2D eigenvalue weighted by Crippen LogP contribution is -2.58. The molecule has 1 fully saturated rings. The summed E-state index contributed by atoms with van der Waals surface area (Å²) in [5.74, 6) is 1.01. The number of nitriles is 1. The van der Waals surface area contributed by atoms with Gasteiger partial charge in [0.05, 0.1) is 22.9 Å². The molecule has 1 unspecified atom stereocenters. The lowest BCUT2D eigenvalue weighted by Gasteiger charge is -2.54. The van der Waals surface area contributed by atoms with Gasteiger partial charge in [-0.1, -0.05) is 43.6 Å². The van der Waals surface area contributed by atoms with Gasteiger partial charge in [0.2, 0.25) is 5.95 Å². The third-order valence-corrected chi connectivity index (χ3v) is 6.04. The standard InChI is InChI=1S/C22H19ClN8O/c1-22(2)12-29(18-13(10-24)11-26-21(25)27-18)17(22)19-28-30-9-8-15(23)16(30)20(32)31(19)14-6-4-3-5-7-14/h3-9,11,17H,12H2,1-2H3,(H2,25,26,27). The zero-order chi connectivity index (χ0) is 22.6. The van der Waals surface area contributed by atoms with Crippen molar-refractivity contribution >= 4 is 28.9 Å². The topological polar surface area (TPSA) is 118 Å². The van der Waals surface area contributed by atoms with Crippen LogP contribution in [0.15, 0.2) is 53.6 Å². The molecule has 4 aromatic rings. The van der Waals surface area contributed by atoms with Crippen LogP contribution in [0.1, 0.15) is 31.3 Å². The van der Waals surface area contributed by atoms with Crippen molar-refractivity contribution in [3.05, 3.63) is 75.6 Å². The van der Waals surface area contributed by atoms with Crippen molar-refractivity contribution in [1.29, 1.82) is 5.26 Å². The van der Waals surface area contributed by atoms with E-state index < -0.39 is 0 Å². The van der Waals surface area contributed by atoms with E-state index in [0.717, 1.165) is 0 Å². The predicted octanol–water partition coefficient (Wildman–Crippen LogP) is 2.97. The Morgan fingerprint density at radius 2 is 2.00 bits per heavy atom. The van der Waals surface area contributed by atoms with E-state index in [-0.39, 0.29) is 23.0 Å². The van der Waals surface area contributed by atoms with Crippen molar-refractivity contribution in [1.82, 2.24) is 24.1 Å². The minimum Gasteiger partial charge on any atom is -0.368 e. The van der Waals surface area contributed by atoms with Gasteiger partial charge < -0.3 is 10.6 Å². The number of para-hydroxylation sites is 1. The number of hydrogen-bond donors (Lipinski definition) is 1. The van der Waals surface area contributed by atoms with Crippen LogP contribution in [0.5, 0.6) is 0 Å². The molecule has 1 saturated heterocycles. The average molecular weight is 447 g/mol. The Morgan fingerprint density at radius 3 is 2.69 bits per heavy atom. The Bertz CT molecular complexity index is 1450. The van der Waals surface area contributed by atoms with Crippen LogP contribution in [0.2, 0.25) is 5.02 Å². The Labute approximate surface area is 188 Å². The fourth-order valence-corrected chi connectivity index (χ4v) is 4.57. The molecule has 9 nitrogen and oxygen atoms in total. The maximum Gasteiger partial charge on any atom is 0.284 e. The second-order valence-corrected chi connectivity index (χ2v) is 8.79. The quantitative estimate of drug-likeness (QED) is 0.513. The van der Waals surface area contributed by atoms with Crippen LogP contribution in [-0.2, 0) is 0 Å². The predicted molar refractivity (Wildman–Crippen MR) is 121 cm³/mol. The molecule has 0 spiro atoms. The second-order valence-electron chi connectivity index (χ2n) is 8.39. The SMILES string of the molecule is CC1(C)CN(c2nc(N)ncc2C#N)C1c1nn2ccc(Cl)c2c(=O)n1-c1ccccc1. The maximum atomic E-state index is 13.6. The number of nitrogen functional groups attached to an aromatic ring is 1. The zero-order valence-corrected chi connectivity index (χ0v) is 18.2. The number of nitrogens with zero attached hydrogens (tertiary/aromatic N) is 7. The summed E-state index contributed by atoms with van der Waals surface area (Å²) in [6, 6.07) is 12.7. The highest BCUT2D eigenvalue weighted by atomic mass is 35.5. The molecule has 0 radical (unpaired) electrons. The second kappa shape index (κ2) is 7.07. The Hall–Kier alpha value is -3.90. The highest BCUT2D eigenvalue weighted by Gasteiger charge is 2.50. The third kappa shape index (κ3) is 2.92. The van der Waals surface area contributed by atoms with Gasteiger partial charge in [-0.05, 0) is 18.2 Å². The van der Waals surface area contributed by atoms with E-state index in [1.54, 1.807) is 16.8 Å². The van der Waals surface area contributed by atoms with Crippen LogP contribution >= 0.6 is 11.6 Å². The van der Waals surface area contributed by atoms with Crippen molar-refractivity contribution < 1.29 is 0 Å². The fraction of sp³-hybridized carbons (Fsp3) is 0.227. The Kier molecular flexibility index (Phi) is 4.42. The number of halogens is 1. The van der Waals surface area contributed by atoms with Gasteiger partial charge in [0.1, 0.15) is 17.1 Å². The molecule has 160 valence electrons. The summed E-state index contributed by atoms with van der Waals surface area (Å²) in [6.45, 7) is 4.76. The highest BCUT2D eigenvalue weighted by molar-refractivity contribution is 6.33. The molecule has 0 saturated carbocycles. The van der Waals surface area contributed by atoms with Crippen LogP contribution in [0.3, 0.4) is 0 Å². The maximum absolute atomic E-state index is 13.6. The van der Waals surface area contributed by atoms with Crippen molar-refractivity contribution in [3.63, 3.8) is 0 Å². The van der Waals surface area contributed by atoms with Gasteiger partial charge in [0.15, 0.2) is 11.6 Å². The Balaban J connectivity index is 1.79. The van der Waals surface area contributed by atoms with Gasteiger partial charge in [-0.2, -0.15) is 15.3 Å². The first kappa shape index (κ1) is 20.0. The Morgan fingerprint density at radius 1 is 1.25 bits per heavy atom. The molecule has 3 aromatic heterocycles. The largest absolute Gasteiger partial charge is 0.368 e. The summed E-state index contributed by atoms with van der Waals surface area (Å²) in [5.41, 5.74) is 6.55. The van der Waals surface area contributed by atoms with Gasteiger partial charge >= 0.3 is 0 Å². The number of benzene rings is 1. The normalized spacial score (nSPS) is 17.2. The summed E-state index contributed by atoms with van der Waals surface area (Å²) < 4.78 is 3.09. The smallest absolute Gasteiger partial charge is 0.284 e. The van der Waals surface area contributed by atoms with Gasteiger partial charge in [-0.3, -0.25) is 9.36 Å². The first-order valence-corrected chi connectivity index (χ1v) is 10.3. The van der Waals surface area contributed by atoms with Crippen molar-refractivity contribution in [2.75, 3.05) is 17.2 Å². The summed E-state index contributed by atoms with van der Waals surface area (Å²) in [7, 11) is 0. The monoisotopic (exact) mass is 446 g/mol. The molecule has 0 aliphatic carbocycles. The van der Waals surface area contributed by atoms with Crippen molar-refractivity contribution in [2.45, 2.75) is 19.9 Å². The van der Waals surface area contributed by atoms with E-state index in [9.17, 15) is 10.1 Å². The zero-order valence-electron chi connectivity index (χ0n) is 17.4. The molecular formula is C22H19ClN8O. The molecule has 1 aliphatic rings. The van der Waals surface area contributed by atoms with Crippen molar-refractivity contribution in [3.8, 4) is 11.8 Å². The molecular weight excluding hydrogens is 428 g/mol. The number of anilines is 2. The van der Waals surface area contributed by atoms with Gasteiger partial charge in [0.25, 0.3) is 5.56 Å². The molecule has 0 bridgehead atoms. The number of aromatic nitrogens is 5. The number of hydrogen-bond acceptors (Lipinski definition) is 7.